The molecule has 0 radical (unpaired) electrons. The summed E-state index contributed by atoms with van der Waals surface area (Å²) in [6.45, 7) is 3.92. The molecule has 0 unspecified atom stereocenters. The average Bonchev–Trinajstić information content (AvgIpc) is 2.46. The fraction of sp³-hybridized carbons (Fsp3) is 0.200. The fourth-order valence-corrected chi connectivity index (χ4v) is 2.19. The van der Waals surface area contributed by atoms with E-state index in [9.17, 15) is 10.1 Å². The van der Waals surface area contributed by atoms with Gasteiger partial charge >= 0.3 is 0 Å². The Balaban J connectivity index is 2.61. The molecule has 0 spiro atoms. The average molecular weight is 254 g/mol. The molecule has 1 aromatic rings. The molecule has 1 aliphatic rings. The molecule has 0 saturated carbocycles. The monoisotopic (exact) mass is 253 g/mol. The van der Waals surface area contributed by atoms with Crippen molar-refractivity contribution in [2.45, 2.75) is 12.8 Å². The lowest BCUT2D eigenvalue weighted by atomic mass is 10.1. The number of halogens is 1. The lowest BCUT2D eigenvalue weighted by Gasteiger charge is -2.01. The van der Waals surface area contributed by atoms with Gasteiger partial charge in [-0.15, -0.1) is 0 Å². The zero-order valence-electron chi connectivity index (χ0n) is 7.42. The first-order valence-corrected chi connectivity index (χ1v) is 5.04. The van der Waals surface area contributed by atoms with Crippen molar-refractivity contribution in [2.24, 2.45) is 0 Å². The maximum Gasteiger partial charge on any atom is 0.283 e. The Labute approximate surface area is 89.7 Å². The molecule has 0 bridgehead atoms. The first-order valence-electron chi connectivity index (χ1n) is 4.24. The van der Waals surface area contributed by atoms with Crippen LogP contribution in [0, 0.1) is 10.1 Å². The Morgan fingerprint density at radius 2 is 2.14 bits per heavy atom. The normalized spacial score (nSPS) is 14.2. The van der Waals surface area contributed by atoms with Crippen molar-refractivity contribution in [3.63, 3.8) is 0 Å². The number of allylic oxidation sites excluding steroid dienone is 1. The minimum Gasteiger partial charge on any atom is -0.258 e. The second kappa shape index (κ2) is 3.20. The van der Waals surface area contributed by atoms with Crippen molar-refractivity contribution in [3.05, 3.63) is 44.4 Å². The molecule has 0 heterocycles. The standard InChI is InChI=1S/C10H8BrNO2/c1-6-2-3-7-4-10(12(13)14)9(11)5-8(6)7/h4-5H,1-3H2. The topological polar surface area (TPSA) is 43.1 Å². The van der Waals surface area contributed by atoms with Gasteiger partial charge in [-0.3, -0.25) is 10.1 Å². The predicted octanol–water partition coefficient (Wildman–Crippen LogP) is 3.32. The number of nitro benzene ring substituents is 1. The van der Waals surface area contributed by atoms with E-state index in [1.165, 1.54) is 0 Å². The Morgan fingerprint density at radius 3 is 2.79 bits per heavy atom. The summed E-state index contributed by atoms with van der Waals surface area (Å²) in [5, 5.41) is 10.7. The zero-order chi connectivity index (χ0) is 10.3. The fourth-order valence-electron chi connectivity index (χ4n) is 1.70. The van der Waals surface area contributed by atoms with E-state index in [0.29, 0.717) is 4.47 Å². The van der Waals surface area contributed by atoms with Gasteiger partial charge in [0, 0.05) is 6.07 Å². The minimum atomic E-state index is -0.370. The second-order valence-electron chi connectivity index (χ2n) is 3.32. The number of hydrogen-bond donors (Lipinski definition) is 0. The number of hydrogen-bond acceptors (Lipinski definition) is 2. The molecular formula is C10H8BrNO2. The highest BCUT2D eigenvalue weighted by molar-refractivity contribution is 9.10. The summed E-state index contributed by atoms with van der Waals surface area (Å²) < 4.78 is 0.532. The predicted molar refractivity (Wildman–Crippen MR) is 58.2 cm³/mol. The first kappa shape index (κ1) is 9.40. The molecule has 2 rings (SSSR count). The molecule has 14 heavy (non-hydrogen) atoms. The molecule has 1 aromatic carbocycles. The highest BCUT2D eigenvalue weighted by atomic mass is 79.9. The van der Waals surface area contributed by atoms with Crippen LogP contribution in [0.25, 0.3) is 5.57 Å². The van der Waals surface area contributed by atoms with Crippen LogP contribution in [0.5, 0.6) is 0 Å². The van der Waals surface area contributed by atoms with Gasteiger partial charge in [0.15, 0.2) is 0 Å². The summed E-state index contributed by atoms with van der Waals surface area (Å²) in [5.74, 6) is 0. The highest BCUT2D eigenvalue weighted by Gasteiger charge is 2.21. The molecule has 0 N–H and O–H groups in total. The van der Waals surface area contributed by atoms with E-state index < -0.39 is 0 Å². The molecule has 1 aliphatic carbocycles. The summed E-state index contributed by atoms with van der Waals surface area (Å²) >= 11 is 3.20. The molecule has 3 nitrogen and oxygen atoms in total. The summed E-state index contributed by atoms with van der Waals surface area (Å²) in [6, 6.07) is 3.43. The highest BCUT2D eigenvalue weighted by Crippen LogP contribution is 2.37. The molecule has 0 amide bonds. The largest absolute Gasteiger partial charge is 0.283 e. The lowest BCUT2D eigenvalue weighted by Crippen LogP contribution is -1.92. The van der Waals surface area contributed by atoms with E-state index in [2.05, 4.69) is 22.5 Å². The van der Waals surface area contributed by atoms with E-state index in [-0.39, 0.29) is 10.6 Å². The minimum absolute atomic E-state index is 0.137. The summed E-state index contributed by atoms with van der Waals surface area (Å²) in [7, 11) is 0. The summed E-state index contributed by atoms with van der Waals surface area (Å²) in [6.07, 6.45) is 1.77. The third-order valence-corrected chi connectivity index (χ3v) is 3.08. The number of nitro groups is 1. The van der Waals surface area contributed by atoms with Crippen molar-refractivity contribution in [2.75, 3.05) is 0 Å². The van der Waals surface area contributed by atoms with Gasteiger partial charge in [0.2, 0.25) is 0 Å². The summed E-state index contributed by atoms with van der Waals surface area (Å²) in [5.41, 5.74) is 3.29. The van der Waals surface area contributed by atoms with E-state index in [1.54, 1.807) is 12.1 Å². The van der Waals surface area contributed by atoms with Crippen molar-refractivity contribution in [3.8, 4) is 0 Å². The van der Waals surface area contributed by atoms with Crippen molar-refractivity contribution in [1.29, 1.82) is 0 Å². The third-order valence-electron chi connectivity index (χ3n) is 2.45. The van der Waals surface area contributed by atoms with Gasteiger partial charge in [0.05, 0.1) is 9.40 Å². The second-order valence-corrected chi connectivity index (χ2v) is 4.18. The molecular weight excluding hydrogens is 246 g/mol. The third kappa shape index (κ3) is 1.35. The van der Waals surface area contributed by atoms with Crippen molar-refractivity contribution in [1.82, 2.24) is 0 Å². The molecule has 0 fully saturated rings. The van der Waals surface area contributed by atoms with Gasteiger partial charge in [0.1, 0.15) is 0 Å². The van der Waals surface area contributed by atoms with Gasteiger partial charge in [-0.05, 0) is 51.5 Å². The van der Waals surface area contributed by atoms with E-state index >= 15 is 0 Å². The van der Waals surface area contributed by atoms with Crippen LogP contribution in [-0.4, -0.2) is 4.92 Å². The van der Waals surface area contributed by atoms with E-state index in [4.69, 9.17) is 0 Å². The molecule has 72 valence electrons. The van der Waals surface area contributed by atoms with Gasteiger partial charge < -0.3 is 0 Å². The smallest absolute Gasteiger partial charge is 0.258 e. The zero-order valence-corrected chi connectivity index (χ0v) is 9.00. The molecule has 0 saturated heterocycles. The van der Waals surface area contributed by atoms with Crippen molar-refractivity contribution < 1.29 is 4.92 Å². The maximum atomic E-state index is 10.7. The lowest BCUT2D eigenvalue weighted by molar-refractivity contribution is -0.385. The molecule has 0 atom stereocenters. The van der Waals surface area contributed by atoms with E-state index in [1.807, 2.05) is 0 Å². The van der Waals surface area contributed by atoms with E-state index in [0.717, 1.165) is 29.5 Å². The van der Waals surface area contributed by atoms with Gasteiger partial charge in [-0.25, -0.2) is 0 Å². The number of fused-ring (bicyclic) bond motifs is 1. The van der Waals surface area contributed by atoms with Crippen LogP contribution in [0.1, 0.15) is 17.5 Å². The Hall–Kier alpha value is -1.16. The number of benzene rings is 1. The molecule has 0 aromatic heterocycles. The SMILES string of the molecule is C=C1CCc2cc([N+](=O)[O-])c(Br)cc21. The Bertz CT molecular complexity index is 440. The van der Waals surface area contributed by atoms with Crippen LogP contribution in [0.2, 0.25) is 0 Å². The van der Waals surface area contributed by atoms with Gasteiger partial charge in [-0.1, -0.05) is 6.58 Å². The number of aryl methyl sites for hydroxylation is 1. The first-order chi connectivity index (χ1) is 6.59. The quantitative estimate of drug-likeness (QED) is 0.569. The van der Waals surface area contributed by atoms with Crippen LogP contribution in [0.4, 0.5) is 5.69 Å². The van der Waals surface area contributed by atoms with Gasteiger partial charge in [-0.2, -0.15) is 0 Å². The Morgan fingerprint density at radius 1 is 1.43 bits per heavy atom. The van der Waals surface area contributed by atoms with Crippen LogP contribution in [0.15, 0.2) is 23.2 Å². The Kier molecular flexibility index (Phi) is 2.15. The molecule has 0 aliphatic heterocycles. The van der Waals surface area contributed by atoms with Crippen LogP contribution in [-0.2, 0) is 6.42 Å². The number of nitrogens with zero attached hydrogens (tertiary/aromatic N) is 1. The summed E-state index contributed by atoms with van der Waals surface area (Å²) in [4.78, 5) is 10.3. The molecule has 4 heteroatoms. The van der Waals surface area contributed by atoms with Crippen LogP contribution in [0.3, 0.4) is 0 Å². The van der Waals surface area contributed by atoms with Gasteiger partial charge in [0.25, 0.3) is 5.69 Å². The maximum absolute atomic E-state index is 10.7. The van der Waals surface area contributed by atoms with Crippen LogP contribution < -0.4 is 0 Å². The number of rotatable bonds is 1. The van der Waals surface area contributed by atoms with Crippen molar-refractivity contribution >= 4 is 27.2 Å². The van der Waals surface area contributed by atoms with Crippen LogP contribution >= 0.6 is 15.9 Å².